The third kappa shape index (κ3) is 3.74. The second-order valence-electron chi connectivity index (χ2n) is 6.43. The van der Waals surface area contributed by atoms with Crippen molar-refractivity contribution in [3.05, 3.63) is 59.4 Å². The molecule has 2 aromatic carbocycles. The molecule has 1 amide bonds. The second-order valence-corrected chi connectivity index (χ2v) is 6.43. The first-order valence-corrected chi connectivity index (χ1v) is 8.27. The Morgan fingerprint density at radius 1 is 1.17 bits per heavy atom. The summed E-state index contributed by atoms with van der Waals surface area (Å²) in [4.78, 5) is 15.8. The molecule has 0 bridgehead atoms. The highest BCUT2D eigenvalue weighted by Gasteiger charge is 2.20. The second kappa shape index (κ2) is 7.01. The molecule has 1 aliphatic rings. The molecule has 0 aliphatic carbocycles. The maximum atomic E-state index is 14.4. The maximum absolute atomic E-state index is 14.4. The van der Waals surface area contributed by atoms with E-state index < -0.39 is 0 Å². The smallest absolute Gasteiger partial charge is 0.255 e. The predicted octanol–water partition coefficient (Wildman–Crippen LogP) is 1.72. The number of quaternary nitrogens is 1. The molecule has 0 spiro atoms. The Bertz CT molecular complexity index is 739. The molecular weight excluding hydrogens is 305 g/mol. The first kappa shape index (κ1) is 16.5. The minimum atomic E-state index is -0.295. The van der Waals surface area contributed by atoms with Gasteiger partial charge >= 0.3 is 0 Å². The first-order valence-electron chi connectivity index (χ1n) is 8.27. The summed E-state index contributed by atoms with van der Waals surface area (Å²) in [7, 11) is 2.15. The number of piperazine rings is 1. The number of hydrogen-bond donors (Lipinski definition) is 2. The lowest BCUT2D eigenvalue weighted by atomic mass is 10.1. The van der Waals surface area contributed by atoms with Crippen molar-refractivity contribution in [1.29, 1.82) is 0 Å². The average Bonchev–Trinajstić information content (AvgIpc) is 2.56. The van der Waals surface area contributed by atoms with Gasteiger partial charge in [0, 0.05) is 11.3 Å². The standard InChI is InChI=1S/C19H22FN3O/c1-14-4-3-5-15(12-14)19(24)21-16-6-7-18(17(20)13-16)23-10-8-22(2)9-11-23/h3-7,12-13H,8-11H2,1-2H3,(H,21,24)/p+1. The number of carbonyl (C=O) groups excluding carboxylic acids is 1. The molecule has 1 fully saturated rings. The highest BCUT2D eigenvalue weighted by Crippen LogP contribution is 2.23. The molecule has 4 nitrogen and oxygen atoms in total. The Morgan fingerprint density at radius 3 is 2.58 bits per heavy atom. The van der Waals surface area contributed by atoms with Crippen LogP contribution in [0.4, 0.5) is 15.8 Å². The van der Waals surface area contributed by atoms with Crippen LogP contribution in [0.2, 0.25) is 0 Å². The number of anilines is 2. The summed E-state index contributed by atoms with van der Waals surface area (Å²) in [6.45, 7) is 5.63. The Labute approximate surface area is 141 Å². The van der Waals surface area contributed by atoms with Gasteiger partial charge in [0.25, 0.3) is 5.91 Å². The number of halogens is 1. The Balaban J connectivity index is 1.71. The van der Waals surface area contributed by atoms with E-state index in [-0.39, 0.29) is 11.7 Å². The van der Waals surface area contributed by atoms with E-state index in [1.807, 2.05) is 25.1 Å². The molecule has 0 atom stereocenters. The molecule has 1 aliphatic heterocycles. The summed E-state index contributed by atoms with van der Waals surface area (Å²) < 4.78 is 14.4. The third-order valence-electron chi connectivity index (χ3n) is 4.44. The zero-order valence-corrected chi connectivity index (χ0v) is 14.1. The summed E-state index contributed by atoms with van der Waals surface area (Å²) in [5, 5.41) is 2.76. The largest absolute Gasteiger partial charge is 0.358 e. The van der Waals surface area contributed by atoms with Gasteiger partial charge in [-0.1, -0.05) is 17.7 Å². The zero-order valence-electron chi connectivity index (χ0n) is 14.1. The number of nitrogens with one attached hydrogen (secondary N) is 2. The van der Waals surface area contributed by atoms with Gasteiger partial charge < -0.3 is 15.1 Å². The Kier molecular flexibility index (Phi) is 4.81. The van der Waals surface area contributed by atoms with Crippen molar-refractivity contribution >= 4 is 17.3 Å². The number of aryl methyl sites for hydroxylation is 1. The van der Waals surface area contributed by atoms with Crippen molar-refractivity contribution in [1.82, 2.24) is 0 Å². The Morgan fingerprint density at radius 2 is 1.92 bits per heavy atom. The molecule has 24 heavy (non-hydrogen) atoms. The van der Waals surface area contributed by atoms with Gasteiger partial charge in [-0.2, -0.15) is 0 Å². The highest BCUT2D eigenvalue weighted by atomic mass is 19.1. The van der Waals surface area contributed by atoms with Crippen LogP contribution in [0, 0.1) is 12.7 Å². The van der Waals surface area contributed by atoms with Crippen LogP contribution in [0.15, 0.2) is 42.5 Å². The number of carbonyl (C=O) groups is 1. The van der Waals surface area contributed by atoms with Gasteiger partial charge in [0.05, 0.1) is 38.9 Å². The van der Waals surface area contributed by atoms with Crippen LogP contribution in [0.25, 0.3) is 0 Å². The maximum Gasteiger partial charge on any atom is 0.255 e. The van der Waals surface area contributed by atoms with Crippen LogP contribution >= 0.6 is 0 Å². The van der Waals surface area contributed by atoms with Gasteiger partial charge in [-0.05, 0) is 37.3 Å². The first-order chi connectivity index (χ1) is 11.5. The normalized spacial score (nSPS) is 15.4. The van der Waals surface area contributed by atoms with Crippen molar-refractivity contribution in [3.63, 3.8) is 0 Å². The summed E-state index contributed by atoms with van der Waals surface area (Å²) in [5.74, 6) is -0.523. The molecule has 2 N–H and O–H groups in total. The fraction of sp³-hybridized carbons (Fsp3) is 0.316. The van der Waals surface area contributed by atoms with Crippen LogP contribution < -0.4 is 15.1 Å². The SMILES string of the molecule is Cc1cccc(C(=O)Nc2ccc(N3CC[NH+](C)CC3)c(F)c2)c1. The molecule has 5 heteroatoms. The number of likely N-dealkylation sites (N-methyl/N-ethyl adjacent to an activating group) is 1. The van der Waals surface area contributed by atoms with E-state index in [0.717, 1.165) is 31.7 Å². The van der Waals surface area contributed by atoms with Crippen molar-refractivity contribution in [2.45, 2.75) is 6.92 Å². The van der Waals surface area contributed by atoms with E-state index in [1.165, 1.54) is 11.0 Å². The molecule has 3 rings (SSSR count). The minimum Gasteiger partial charge on any atom is -0.358 e. The molecule has 0 radical (unpaired) electrons. The number of benzene rings is 2. The van der Waals surface area contributed by atoms with Gasteiger partial charge in [0.2, 0.25) is 0 Å². The molecule has 0 unspecified atom stereocenters. The molecule has 126 valence electrons. The zero-order chi connectivity index (χ0) is 17.1. The highest BCUT2D eigenvalue weighted by molar-refractivity contribution is 6.04. The summed E-state index contributed by atoms with van der Waals surface area (Å²) in [6.07, 6.45) is 0. The molecular formula is C19H23FN3O+. The lowest BCUT2D eigenvalue weighted by Gasteiger charge is -2.32. The van der Waals surface area contributed by atoms with Crippen LogP contribution in [-0.2, 0) is 0 Å². The number of hydrogen-bond acceptors (Lipinski definition) is 2. The summed E-state index contributed by atoms with van der Waals surface area (Å²) >= 11 is 0. The van der Waals surface area contributed by atoms with Crippen LogP contribution in [0.5, 0.6) is 0 Å². The van der Waals surface area contributed by atoms with Crippen LogP contribution in [0.3, 0.4) is 0 Å². The number of rotatable bonds is 3. The lowest BCUT2D eigenvalue weighted by Crippen LogP contribution is -3.12. The molecule has 1 saturated heterocycles. The van der Waals surface area contributed by atoms with E-state index in [2.05, 4.69) is 17.3 Å². The van der Waals surface area contributed by atoms with Crippen molar-refractivity contribution < 1.29 is 14.1 Å². The predicted molar refractivity (Wildman–Crippen MR) is 94.4 cm³/mol. The van der Waals surface area contributed by atoms with E-state index in [0.29, 0.717) is 16.9 Å². The van der Waals surface area contributed by atoms with E-state index in [4.69, 9.17) is 0 Å². The molecule has 1 heterocycles. The van der Waals surface area contributed by atoms with Gasteiger partial charge in [-0.15, -0.1) is 0 Å². The number of nitrogens with zero attached hydrogens (tertiary/aromatic N) is 1. The van der Waals surface area contributed by atoms with E-state index in [9.17, 15) is 9.18 Å². The van der Waals surface area contributed by atoms with Crippen molar-refractivity contribution in [2.24, 2.45) is 0 Å². The van der Waals surface area contributed by atoms with Gasteiger partial charge in [0.1, 0.15) is 5.82 Å². The van der Waals surface area contributed by atoms with Crippen LogP contribution in [0.1, 0.15) is 15.9 Å². The average molecular weight is 328 g/mol. The van der Waals surface area contributed by atoms with Gasteiger partial charge in [-0.25, -0.2) is 4.39 Å². The lowest BCUT2D eigenvalue weighted by molar-refractivity contribution is -0.880. The van der Waals surface area contributed by atoms with Gasteiger partial charge in [-0.3, -0.25) is 4.79 Å². The number of amides is 1. The van der Waals surface area contributed by atoms with Crippen molar-refractivity contribution in [2.75, 3.05) is 43.4 Å². The quantitative estimate of drug-likeness (QED) is 0.900. The Hall–Kier alpha value is -2.40. The van der Waals surface area contributed by atoms with E-state index >= 15 is 0 Å². The van der Waals surface area contributed by atoms with E-state index in [1.54, 1.807) is 18.2 Å². The third-order valence-corrected chi connectivity index (χ3v) is 4.44. The fourth-order valence-corrected chi connectivity index (χ4v) is 2.96. The minimum absolute atomic E-state index is 0.228. The van der Waals surface area contributed by atoms with Gasteiger partial charge in [0.15, 0.2) is 0 Å². The molecule has 0 aromatic heterocycles. The molecule has 0 saturated carbocycles. The summed E-state index contributed by atoms with van der Waals surface area (Å²) in [5.41, 5.74) is 2.67. The van der Waals surface area contributed by atoms with Crippen molar-refractivity contribution in [3.8, 4) is 0 Å². The molecule has 2 aromatic rings. The summed E-state index contributed by atoms with van der Waals surface area (Å²) in [6, 6.07) is 12.2. The topological polar surface area (TPSA) is 36.8 Å². The monoisotopic (exact) mass is 328 g/mol. The fourth-order valence-electron chi connectivity index (χ4n) is 2.96. The van der Waals surface area contributed by atoms with Crippen LogP contribution in [-0.4, -0.2) is 39.1 Å².